The molecule has 19 heavy (non-hydrogen) atoms. The van der Waals surface area contributed by atoms with Crippen molar-refractivity contribution in [1.29, 1.82) is 0 Å². The highest BCUT2D eigenvalue weighted by Gasteiger charge is 2.25. The summed E-state index contributed by atoms with van der Waals surface area (Å²) in [5.41, 5.74) is 2.42. The van der Waals surface area contributed by atoms with Crippen LogP contribution in [0, 0.1) is 5.82 Å². The van der Waals surface area contributed by atoms with Gasteiger partial charge in [-0.05, 0) is 24.3 Å². The zero-order chi connectivity index (χ0) is 13.2. The van der Waals surface area contributed by atoms with Gasteiger partial charge in [0.25, 0.3) is 0 Å². The first-order valence-electron chi connectivity index (χ1n) is 6.06. The van der Waals surface area contributed by atoms with Gasteiger partial charge in [-0.25, -0.2) is 4.39 Å². The molecule has 98 valence electrons. The maximum absolute atomic E-state index is 14.1. The zero-order valence-electron chi connectivity index (χ0n) is 10.5. The highest BCUT2D eigenvalue weighted by molar-refractivity contribution is 5.62. The maximum atomic E-state index is 14.1. The number of aromatic nitrogens is 1. The van der Waals surface area contributed by atoms with Crippen LogP contribution in [0.3, 0.4) is 0 Å². The fraction of sp³-hybridized carbons (Fsp3) is 0.214. The summed E-state index contributed by atoms with van der Waals surface area (Å²) in [5, 5.41) is 6.54. The molecule has 2 N–H and O–H groups in total. The summed E-state index contributed by atoms with van der Waals surface area (Å²) < 4.78 is 19.1. The predicted octanol–water partition coefficient (Wildman–Crippen LogP) is 2.64. The van der Waals surface area contributed by atoms with E-state index in [2.05, 4.69) is 15.6 Å². The van der Waals surface area contributed by atoms with Gasteiger partial charge in [-0.2, -0.15) is 0 Å². The summed E-state index contributed by atoms with van der Waals surface area (Å²) in [6, 6.07) is 7.23. The van der Waals surface area contributed by atoms with Gasteiger partial charge in [0.1, 0.15) is 6.17 Å². The largest absolute Gasteiger partial charge is 0.494 e. The monoisotopic (exact) mass is 259 g/mol. The first-order valence-corrected chi connectivity index (χ1v) is 6.06. The molecule has 1 aliphatic rings. The maximum Gasteiger partial charge on any atom is 0.170 e. The number of halogens is 1. The van der Waals surface area contributed by atoms with Crippen LogP contribution >= 0.6 is 0 Å². The van der Waals surface area contributed by atoms with Crippen LogP contribution in [0.1, 0.15) is 5.56 Å². The second kappa shape index (κ2) is 4.76. The number of nitrogens with one attached hydrogen (secondary N) is 2. The van der Waals surface area contributed by atoms with Crippen molar-refractivity contribution in [2.24, 2.45) is 0 Å². The van der Waals surface area contributed by atoms with E-state index in [1.807, 2.05) is 18.2 Å². The van der Waals surface area contributed by atoms with E-state index in [-0.39, 0.29) is 17.7 Å². The van der Waals surface area contributed by atoms with Crippen LogP contribution in [0.5, 0.6) is 5.75 Å². The molecule has 0 radical (unpaired) electrons. The number of rotatable bonds is 3. The fourth-order valence-corrected chi connectivity index (χ4v) is 2.27. The zero-order valence-corrected chi connectivity index (χ0v) is 10.5. The highest BCUT2D eigenvalue weighted by Crippen LogP contribution is 2.33. The van der Waals surface area contributed by atoms with Gasteiger partial charge < -0.3 is 15.4 Å². The molecule has 0 saturated heterocycles. The van der Waals surface area contributed by atoms with Gasteiger partial charge >= 0.3 is 0 Å². The van der Waals surface area contributed by atoms with E-state index in [0.29, 0.717) is 12.0 Å². The Bertz CT molecular complexity index is 589. The van der Waals surface area contributed by atoms with E-state index in [1.165, 1.54) is 7.11 Å². The first kappa shape index (κ1) is 11.8. The summed E-state index contributed by atoms with van der Waals surface area (Å²) in [4.78, 5) is 3.96. The smallest absolute Gasteiger partial charge is 0.170 e. The van der Waals surface area contributed by atoms with Gasteiger partial charge in [-0.3, -0.25) is 4.98 Å². The number of methoxy groups -OCH3 is 1. The van der Waals surface area contributed by atoms with Gasteiger partial charge in [0.15, 0.2) is 11.6 Å². The standard InChI is InChI=1S/C14H14FN3O/c1-19-12-3-2-11-10(14(12)15)8-13(18-11)17-9-4-6-16-7-5-9/h2-7,13,18H,8H2,1H3,(H,16,17). The molecule has 4 nitrogen and oxygen atoms in total. The molecule has 5 heteroatoms. The Kier molecular flexibility index (Phi) is 2.95. The Morgan fingerprint density at radius 1 is 1.32 bits per heavy atom. The number of nitrogens with zero attached hydrogens (tertiary/aromatic N) is 1. The summed E-state index contributed by atoms with van der Waals surface area (Å²) in [6.07, 6.45) is 3.97. The predicted molar refractivity (Wildman–Crippen MR) is 71.9 cm³/mol. The average Bonchev–Trinajstić information content (AvgIpc) is 2.84. The number of hydrogen-bond acceptors (Lipinski definition) is 4. The molecule has 0 saturated carbocycles. The van der Waals surface area contributed by atoms with Crippen molar-refractivity contribution < 1.29 is 9.13 Å². The van der Waals surface area contributed by atoms with Gasteiger partial charge in [-0.15, -0.1) is 0 Å². The van der Waals surface area contributed by atoms with Crippen molar-refractivity contribution in [2.45, 2.75) is 12.6 Å². The molecular weight excluding hydrogens is 245 g/mol. The molecule has 1 unspecified atom stereocenters. The molecular formula is C14H14FN3O. The van der Waals surface area contributed by atoms with Crippen molar-refractivity contribution in [2.75, 3.05) is 17.7 Å². The van der Waals surface area contributed by atoms with Crippen molar-refractivity contribution in [3.05, 3.63) is 48.0 Å². The molecule has 1 aromatic heterocycles. The molecule has 3 rings (SSSR count). The molecule has 0 bridgehead atoms. The normalized spacial score (nSPS) is 16.6. The highest BCUT2D eigenvalue weighted by atomic mass is 19.1. The third-order valence-corrected chi connectivity index (χ3v) is 3.19. The van der Waals surface area contributed by atoms with Crippen LogP contribution in [0.25, 0.3) is 0 Å². The van der Waals surface area contributed by atoms with Crippen LogP contribution in [0.15, 0.2) is 36.7 Å². The lowest BCUT2D eigenvalue weighted by atomic mass is 10.1. The minimum Gasteiger partial charge on any atom is -0.494 e. The van der Waals surface area contributed by atoms with Crippen molar-refractivity contribution in [3.63, 3.8) is 0 Å². The Morgan fingerprint density at radius 3 is 2.84 bits per heavy atom. The summed E-state index contributed by atoms with van der Waals surface area (Å²) in [6.45, 7) is 0. The minimum absolute atomic E-state index is 0.0287. The average molecular weight is 259 g/mol. The second-order valence-electron chi connectivity index (χ2n) is 4.39. The molecule has 1 aromatic carbocycles. The van der Waals surface area contributed by atoms with Crippen molar-refractivity contribution in [3.8, 4) is 5.75 Å². The molecule has 1 atom stereocenters. The van der Waals surface area contributed by atoms with E-state index < -0.39 is 0 Å². The summed E-state index contributed by atoms with van der Waals surface area (Å²) >= 11 is 0. The third-order valence-electron chi connectivity index (χ3n) is 3.19. The molecule has 0 amide bonds. The summed E-state index contributed by atoms with van der Waals surface area (Å²) in [5.74, 6) is -0.00311. The van der Waals surface area contributed by atoms with E-state index in [9.17, 15) is 4.39 Å². The molecule has 2 aromatic rings. The third kappa shape index (κ3) is 2.19. The molecule has 1 aliphatic heterocycles. The topological polar surface area (TPSA) is 46.2 Å². The van der Waals surface area contributed by atoms with Gasteiger partial charge in [0.05, 0.1) is 7.11 Å². The van der Waals surface area contributed by atoms with Gasteiger partial charge in [0, 0.05) is 35.8 Å². The molecule has 2 heterocycles. The lowest BCUT2D eigenvalue weighted by Crippen LogP contribution is -2.25. The fourth-order valence-electron chi connectivity index (χ4n) is 2.27. The van der Waals surface area contributed by atoms with Crippen molar-refractivity contribution in [1.82, 2.24) is 4.98 Å². The second-order valence-corrected chi connectivity index (χ2v) is 4.39. The molecule has 0 spiro atoms. The first-order chi connectivity index (χ1) is 9.28. The quantitative estimate of drug-likeness (QED) is 0.889. The Labute approximate surface area is 110 Å². The van der Waals surface area contributed by atoms with Gasteiger partial charge in [-0.1, -0.05) is 0 Å². The van der Waals surface area contributed by atoms with E-state index >= 15 is 0 Å². The van der Waals surface area contributed by atoms with Crippen LogP contribution in [0.2, 0.25) is 0 Å². The molecule has 0 fully saturated rings. The summed E-state index contributed by atoms with van der Waals surface area (Å²) in [7, 11) is 1.47. The Balaban J connectivity index is 1.79. The van der Waals surface area contributed by atoms with Crippen LogP contribution in [-0.4, -0.2) is 18.3 Å². The number of anilines is 2. The van der Waals surface area contributed by atoms with Gasteiger partial charge in [0.2, 0.25) is 0 Å². The van der Waals surface area contributed by atoms with Crippen LogP contribution in [-0.2, 0) is 6.42 Å². The lowest BCUT2D eigenvalue weighted by Gasteiger charge is -2.14. The van der Waals surface area contributed by atoms with E-state index in [0.717, 1.165) is 11.4 Å². The number of benzene rings is 1. The number of fused-ring (bicyclic) bond motifs is 1. The SMILES string of the molecule is COc1ccc2c(c1F)CC(Nc1ccncc1)N2. The minimum atomic E-state index is -0.286. The number of ether oxygens (including phenoxy) is 1. The lowest BCUT2D eigenvalue weighted by molar-refractivity contribution is 0.385. The van der Waals surface area contributed by atoms with E-state index in [4.69, 9.17) is 4.74 Å². The van der Waals surface area contributed by atoms with Crippen LogP contribution in [0.4, 0.5) is 15.8 Å². The number of pyridine rings is 1. The Morgan fingerprint density at radius 2 is 2.11 bits per heavy atom. The van der Waals surface area contributed by atoms with E-state index in [1.54, 1.807) is 18.5 Å². The number of hydrogen-bond donors (Lipinski definition) is 2. The molecule has 0 aliphatic carbocycles. The van der Waals surface area contributed by atoms with Crippen molar-refractivity contribution >= 4 is 11.4 Å². The van der Waals surface area contributed by atoms with Crippen LogP contribution < -0.4 is 15.4 Å². The Hall–Kier alpha value is -2.30.